The van der Waals surface area contributed by atoms with Gasteiger partial charge in [-0.2, -0.15) is 0 Å². The van der Waals surface area contributed by atoms with Crippen molar-refractivity contribution in [1.82, 2.24) is 14.9 Å². The predicted molar refractivity (Wildman–Crippen MR) is 95.0 cm³/mol. The summed E-state index contributed by atoms with van der Waals surface area (Å²) < 4.78 is 5.06. The summed E-state index contributed by atoms with van der Waals surface area (Å²) in [4.78, 5) is 34.3. The molecule has 1 amide bonds. The van der Waals surface area contributed by atoms with E-state index in [-0.39, 0.29) is 5.91 Å². The van der Waals surface area contributed by atoms with Crippen molar-refractivity contribution in [1.29, 1.82) is 0 Å². The van der Waals surface area contributed by atoms with Crippen molar-refractivity contribution < 1.29 is 14.3 Å². The van der Waals surface area contributed by atoms with Crippen LogP contribution in [-0.4, -0.2) is 46.4 Å². The van der Waals surface area contributed by atoms with Crippen LogP contribution in [0.2, 0.25) is 0 Å². The van der Waals surface area contributed by atoms with E-state index in [0.717, 1.165) is 0 Å². The lowest BCUT2D eigenvalue weighted by Gasteiger charge is -2.18. The quantitative estimate of drug-likeness (QED) is 0.779. The maximum Gasteiger partial charge on any atom is 0.340 e. The predicted octanol–water partition coefficient (Wildman–Crippen LogP) is 2.88. The fourth-order valence-corrected chi connectivity index (χ4v) is 2.33. The summed E-state index contributed by atoms with van der Waals surface area (Å²) in [5.41, 5.74) is 1.26. The van der Waals surface area contributed by atoms with Crippen molar-refractivity contribution in [3.63, 3.8) is 0 Å². The van der Waals surface area contributed by atoms with Gasteiger partial charge in [-0.1, -0.05) is 12.1 Å². The fourth-order valence-electron chi connectivity index (χ4n) is 2.33. The third kappa shape index (κ3) is 4.53. The summed E-state index contributed by atoms with van der Waals surface area (Å²) >= 11 is 0. The highest BCUT2D eigenvalue weighted by atomic mass is 16.5. The number of amides is 1. The molecule has 1 aromatic carbocycles. The molecule has 0 unspecified atom stereocenters. The molecule has 0 aliphatic heterocycles. The molecule has 0 aliphatic carbocycles. The molecule has 132 valence electrons. The highest BCUT2D eigenvalue weighted by Crippen LogP contribution is 2.21. The number of carbonyl (C=O) groups is 2. The van der Waals surface area contributed by atoms with Gasteiger partial charge in [-0.05, 0) is 32.9 Å². The van der Waals surface area contributed by atoms with Crippen LogP contribution in [-0.2, 0) is 4.74 Å². The molecule has 0 aliphatic rings. The van der Waals surface area contributed by atoms with E-state index in [1.54, 1.807) is 42.2 Å². The molecular formula is C18H22N4O3. The lowest BCUT2D eigenvalue weighted by atomic mass is 10.2. The van der Waals surface area contributed by atoms with Crippen LogP contribution < -0.4 is 5.32 Å². The molecule has 1 heterocycles. The summed E-state index contributed by atoms with van der Waals surface area (Å²) in [6, 6.07) is 8.55. The van der Waals surface area contributed by atoms with E-state index in [1.165, 1.54) is 6.33 Å². The third-order valence-corrected chi connectivity index (χ3v) is 3.62. The zero-order valence-corrected chi connectivity index (χ0v) is 14.7. The van der Waals surface area contributed by atoms with Crippen LogP contribution in [0.3, 0.4) is 0 Å². The van der Waals surface area contributed by atoms with Crippen LogP contribution in [0.4, 0.5) is 11.5 Å². The molecule has 0 saturated heterocycles. The van der Waals surface area contributed by atoms with Gasteiger partial charge in [0.15, 0.2) is 0 Å². The number of rotatable bonds is 7. The second-order valence-corrected chi connectivity index (χ2v) is 5.16. The number of ether oxygens (including phenoxy) is 1. The van der Waals surface area contributed by atoms with Crippen LogP contribution in [0.1, 0.15) is 41.6 Å². The monoisotopic (exact) mass is 342 g/mol. The normalized spacial score (nSPS) is 10.2. The van der Waals surface area contributed by atoms with Crippen molar-refractivity contribution in [3.8, 4) is 0 Å². The highest BCUT2D eigenvalue weighted by Gasteiger charge is 2.16. The number of benzene rings is 1. The summed E-state index contributed by atoms with van der Waals surface area (Å²) in [6.45, 7) is 7.09. The first-order valence-corrected chi connectivity index (χ1v) is 8.25. The lowest BCUT2D eigenvalue weighted by Crippen LogP contribution is -2.31. The van der Waals surface area contributed by atoms with Crippen molar-refractivity contribution >= 4 is 23.4 Å². The Hall–Kier alpha value is -2.96. The molecule has 7 nitrogen and oxygen atoms in total. The molecule has 2 aromatic rings. The van der Waals surface area contributed by atoms with E-state index in [9.17, 15) is 9.59 Å². The van der Waals surface area contributed by atoms with E-state index >= 15 is 0 Å². The maximum atomic E-state index is 12.4. The average molecular weight is 342 g/mol. The van der Waals surface area contributed by atoms with E-state index in [2.05, 4.69) is 15.3 Å². The van der Waals surface area contributed by atoms with E-state index in [4.69, 9.17) is 4.74 Å². The molecule has 7 heteroatoms. The Morgan fingerprint density at radius 2 is 1.84 bits per heavy atom. The summed E-state index contributed by atoms with van der Waals surface area (Å²) in [6.07, 6.45) is 1.33. The van der Waals surface area contributed by atoms with Gasteiger partial charge in [-0.25, -0.2) is 14.8 Å². The number of nitrogens with one attached hydrogen (secondary N) is 1. The largest absolute Gasteiger partial charge is 0.462 e. The third-order valence-electron chi connectivity index (χ3n) is 3.62. The molecule has 2 rings (SSSR count). The van der Waals surface area contributed by atoms with Gasteiger partial charge < -0.3 is 15.0 Å². The van der Waals surface area contributed by atoms with E-state index < -0.39 is 5.97 Å². The van der Waals surface area contributed by atoms with Crippen LogP contribution >= 0.6 is 0 Å². The van der Waals surface area contributed by atoms with Crippen LogP contribution in [0.5, 0.6) is 0 Å². The number of anilines is 2. The van der Waals surface area contributed by atoms with Gasteiger partial charge in [-0.15, -0.1) is 0 Å². The summed E-state index contributed by atoms with van der Waals surface area (Å²) in [5, 5.41) is 3.06. The number of aromatic nitrogens is 2. The SMILES string of the molecule is CCOC(=O)c1ccccc1Nc1cc(C(=O)N(CC)CC)ncn1. The minimum Gasteiger partial charge on any atom is -0.462 e. The van der Waals surface area contributed by atoms with E-state index in [0.29, 0.717) is 42.5 Å². The molecule has 0 spiro atoms. The van der Waals surface area contributed by atoms with Crippen LogP contribution in [0.15, 0.2) is 36.7 Å². The van der Waals surface area contributed by atoms with E-state index in [1.807, 2.05) is 13.8 Å². The molecule has 25 heavy (non-hydrogen) atoms. The number of hydrogen-bond acceptors (Lipinski definition) is 6. The summed E-state index contributed by atoms with van der Waals surface area (Å²) in [5.74, 6) is -0.143. The number of nitrogens with zero attached hydrogens (tertiary/aromatic N) is 3. The zero-order valence-electron chi connectivity index (χ0n) is 14.7. The molecule has 1 N–H and O–H groups in total. The van der Waals surface area contributed by atoms with Gasteiger partial charge >= 0.3 is 5.97 Å². The van der Waals surface area contributed by atoms with Gasteiger partial charge in [-0.3, -0.25) is 4.79 Å². The van der Waals surface area contributed by atoms with Crippen molar-refractivity contribution in [2.75, 3.05) is 25.0 Å². The topological polar surface area (TPSA) is 84.4 Å². The number of hydrogen-bond donors (Lipinski definition) is 1. The molecule has 1 aromatic heterocycles. The minimum absolute atomic E-state index is 0.158. The molecule has 0 bridgehead atoms. The Labute approximate surface area is 147 Å². The Bertz CT molecular complexity index is 745. The standard InChI is InChI=1S/C18H22N4O3/c1-4-22(5-2)17(23)15-11-16(20-12-19-15)21-14-10-8-7-9-13(14)18(24)25-6-3/h7-12H,4-6H2,1-3H3,(H,19,20,21). The zero-order chi connectivity index (χ0) is 18.2. The second-order valence-electron chi connectivity index (χ2n) is 5.16. The molecule has 0 fully saturated rings. The maximum absolute atomic E-state index is 12.4. The molecule has 0 saturated carbocycles. The Kier molecular flexibility index (Phi) is 6.45. The van der Waals surface area contributed by atoms with Crippen LogP contribution in [0.25, 0.3) is 0 Å². The van der Waals surface area contributed by atoms with Gasteiger partial charge in [0.25, 0.3) is 5.91 Å². The summed E-state index contributed by atoms with van der Waals surface area (Å²) in [7, 11) is 0. The molecule has 0 atom stereocenters. The van der Waals surface area contributed by atoms with Crippen molar-refractivity contribution in [2.24, 2.45) is 0 Å². The lowest BCUT2D eigenvalue weighted by molar-refractivity contribution is 0.0527. The van der Waals surface area contributed by atoms with Gasteiger partial charge in [0.1, 0.15) is 17.8 Å². The molecular weight excluding hydrogens is 320 g/mol. The van der Waals surface area contributed by atoms with Gasteiger partial charge in [0.05, 0.1) is 17.9 Å². The number of esters is 1. The van der Waals surface area contributed by atoms with Crippen molar-refractivity contribution in [2.45, 2.75) is 20.8 Å². The smallest absolute Gasteiger partial charge is 0.340 e. The second kappa shape index (κ2) is 8.77. The first kappa shape index (κ1) is 18.4. The molecule has 0 radical (unpaired) electrons. The van der Waals surface area contributed by atoms with Gasteiger partial charge in [0, 0.05) is 19.2 Å². The Morgan fingerprint density at radius 3 is 2.52 bits per heavy atom. The average Bonchev–Trinajstić information content (AvgIpc) is 2.63. The Balaban J connectivity index is 2.26. The van der Waals surface area contributed by atoms with Gasteiger partial charge in [0.2, 0.25) is 0 Å². The Morgan fingerprint density at radius 1 is 1.12 bits per heavy atom. The van der Waals surface area contributed by atoms with Crippen molar-refractivity contribution in [3.05, 3.63) is 47.9 Å². The van der Waals surface area contributed by atoms with Crippen LogP contribution in [0, 0.1) is 0 Å². The number of para-hydroxylation sites is 1. The first-order chi connectivity index (χ1) is 12.1. The fraction of sp³-hybridized carbons (Fsp3) is 0.333. The number of carbonyl (C=O) groups excluding carboxylic acids is 2. The highest BCUT2D eigenvalue weighted by molar-refractivity contribution is 5.97. The first-order valence-electron chi connectivity index (χ1n) is 8.25. The minimum atomic E-state index is -0.418.